The van der Waals surface area contributed by atoms with Gasteiger partial charge in [-0.3, -0.25) is 9.59 Å². The van der Waals surface area contributed by atoms with Crippen LogP contribution in [0.15, 0.2) is 36.5 Å². The molecule has 1 aromatic carbocycles. The Morgan fingerprint density at radius 3 is 2.52 bits per heavy atom. The molecule has 0 atom stereocenters. The fourth-order valence-electron chi connectivity index (χ4n) is 1.82. The first kappa shape index (κ1) is 14.6. The summed E-state index contributed by atoms with van der Waals surface area (Å²) >= 11 is 0. The number of nitrogens with one attached hydrogen (secondary N) is 2. The molecule has 6 heteroatoms. The SMILES string of the molecule is CC(=O)Nc1ccc(NC(=O)c2ccnc(F)c2)cc1C. The lowest BCUT2D eigenvalue weighted by atomic mass is 10.1. The predicted molar refractivity (Wildman–Crippen MR) is 77.6 cm³/mol. The number of rotatable bonds is 3. The van der Waals surface area contributed by atoms with E-state index in [0.29, 0.717) is 11.4 Å². The summed E-state index contributed by atoms with van der Waals surface area (Å²) in [5.41, 5.74) is 2.23. The molecule has 0 bridgehead atoms. The molecular formula is C15H14FN3O2. The van der Waals surface area contributed by atoms with Crippen LogP contribution in [0.1, 0.15) is 22.8 Å². The van der Waals surface area contributed by atoms with Gasteiger partial charge in [-0.2, -0.15) is 4.39 Å². The third-order valence-electron chi connectivity index (χ3n) is 2.78. The maximum atomic E-state index is 13.0. The summed E-state index contributed by atoms with van der Waals surface area (Å²) in [7, 11) is 0. The molecule has 2 aromatic rings. The Bertz CT molecular complexity index is 701. The molecular weight excluding hydrogens is 273 g/mol. The van der Waals surface area contributed by atoms with E-state index in [1.807, 2.05) is 6.92 Å². The molecule has 0 unspecified atom stereocenters. The van der Waals surface area contributed by atoms with Gasteiger partial charge in [-0.1, -0.05) is 0 Å². The molecule has 108 valence electrons. The van der Waals surface area contributed by atoms with Crippen LogP contribution in [0.3, 0.4) is 0 Å². The van der Waals surface area contributed by atoms with E-state index in [1.54, 1.807) is 18.2 Å². The van der Waals surface area contributed by atoms with E-state index in [0.717, 1.165) is 11.6 Å². The molecule has 0 aliphatic heterocycles. The van der Waals surface area contributed by atoms with Crippen LogP contribution in [0, 0.1) is 12.9 Å². The summed E-state index contributed by atoms with van der Waals surface area (Å²) in [6.45, 7) is 3.24. The number of aryl methyl sites for hydroxylation is 1. The third kappa shape index (κ3) is 3.85. The Balaban J connectivity index is 2.15. The van der Waals surface area contributed by atoms with Crippen LogP contribution in [-0.4, -0.2) is 16.8 Å². The molecule has 1 aromatic heterocycles. The van der Waals surface area contributed by atoms with Crippen molar-refractivity contribution in [2.24, 2.45) is 0 Å². The van der Waals surface area contributed by atoms with E-state index in [-0.39, 0.29) is 11.5 Å². The van der Waals surface area contributed by atoms with E-state index in [9.17, 15) is 14.0 Å². The minimum Gasteiger partial charge on any atom is -0.326 e. The molecule has 5 nitrogen and oxygen atoms in total. The van der Waals surface area contributed by atoms with Gasteiger partial charge in [0.15, 0.2) is 0 Å². The van der Waals surface area contributed by atoms with Crippen molar-refractivity contribution in [1.82, 2.24) is 4.98 Å². The number of aromatic nitrogens is 1. The lowest BCUT2D eigenvalue weighted by molar-refractivity contribution is -0.114. The zero-order valence-electron chi connectivity index (χ0n) is 11.6. The Morgan fingerprint density at radius 2 is 1.90 bits per heavy atom. The summed E-state index contributed by atoms with van der Waals surface area (Å²) < 4.78 is 13.0. The summed E-state index contributed by atoms with van der Waals surface area (Å²) in [6.07, 6.45) is 1.23. The van der Waals surface area contributed by atoms with Crippen molar-refractivity contribution in [2.75, 3.05) is 10.6 Å². The highest BCUT2D eigenvalue weighted by atomic mass is 19.1. The molecule has 2 amide bonds. The van der Waals surface area contributed by atoms with Crippen LogP contribution < -0.4 is 10.6 Å². The van der Waals surface area contributed by atoms with Crippen molar-refractivity contribution < 1.29 is 14.0 Å². The molecule has 0 saturated carbocycles. The molecule has 0 spiro atoms. The number of halogens is 1. The maximum absolute atomic E-state index is 13.0. The lowest BCUT2D eigenvalue weighted by Crippen LogP contribution is -2.13. The van der Waals surface area contributed by atoms with Gasteiger partial charge in [0, 0.05) is 36.1 Å². The standard InChI is InChI=1S/C15H14FN3O2/c1-9-7-12(3-4-13(9)18-10(2)20)19-15(21)11-5-6-17-14(16)8-11/h3-8H,1-2H3,(H,18,20)(H,19,21). The molecule has 2 rings (SSSR count). The Labute approximate surface area is 121 Å². The van der Waals surface area contributed by atoms with Gasteiger partial charge < -0.3 is 10.6 Å². The number of anilines is 2. The topological polar surface area (TPSA) is 71.1 Å². The van der Waals surface area contributed by atoms with E-state index < -0.39 is 11.9 Å². The average Bonchev–Trinajstić information content (AvgIpc) is 2.41. The average molecular weight is 287 g/mol. The van der Waals surface area contributed by atoms with Gasteiger partial charge in [-0.25, -0.2) is 4.98 Å². The number of hydrogen-bond acceptors (Lipinski definition) is 3. The normalized spacial score (nSPS) is 10.0. The van der Waals surface area contributed by atoms with Gasteiger partial charge in [0.2, 0.25) is 11.9 Å². The van der Waals surface area contributed by atoms with Gasteiger partial charge >= 0.3 is 0 Å². The van der Waals surface area contributed by atoms with Crippen molar-refractivity contribution in [3.63, 3.8) is 0 Å². The molecule has 1 heterocycles. The number of benzene rings is 1. The van der Waals surface area contributed by atoms with Crippen molar-refractivity contribution in [1.29, 1.82) is 0 Å². The van der Waals surface area contributed by atoms with Crippen LogP contribution in [0.5, 0.6) is 0 Å². The summed E-state index contributed by atoms with van der Waals surface area (Å²) in [6, 6.07) is 7.57. The quantitative estimate of drug-likeness (QED) is 0.853. The Hall–Kier alpha value is -2.76. The Morgan fingerprint density at radius 1 is 1.14 bits per heavy atom. The van der Waals surface area contributed by atoms with Crippen molar-refractivity contribution in [3.05, 3.63) is 53.6 Å². The third-order valence-corrected chi connectivity index (χ3v) is 2.78. The fourth-order valence-corrected chi connectivity index (χ4v) is 1.82. The van der Waals surface area contributed by atoms with Crippen molar-refractivity contribution >= 4 is 23.2 Å². The number of carbonyl (C=O) groups is 2. The van der Waals surface area contributed by atoms with Crippen LogP contribution >= 0.6 is 0 Å². The van der Waals surface area contributed by atoms with Gasteiger partial charge in [0.25, 0.3) is 5.91 Å². The fraction of sp³-hybridized carbons (Fsp3) is 0.133. The highest BCUT2D eigenvalue weighted by Crippen LogP contribution is 2.20. The van der Waals surface area contributed by atoms with Gasteiger partial charge in [0.05, 0.1) is 0 Å². The summed E-state index contributed by atoms with van der Waals surface area (Å²) in [5.74, 6) is -1.30. The number of amides is 2. The molecule has 2 N–H and O–H groups in total. The predicted octanol–water partition coefficient (Wildman–Crippen LogP) is 2.74. The first-order valence-corrected chi connectivity index (χ1v) is 6.27. The van der Waals surface area contributed by atoms with E-state index in [4.69, 9.17) is 0 Å². The van der Waals surface area contributed by atoms with Crippen LogP contribution in [-0.2, 0) is 4.79 Å². The molecule has 0 radical (unpaired) electrons. The zero-order valence-corrected chi connectivity index (χ0v) is 11.6. The van der Waals surface area contributed by atoms with Gasteiger partial charge in [-0.15, -0.1) is 0 Å². The Kier molecular flexibility index (Phi) is 4.27. The summed E-state index contributed by atoms with van der Waals surface area (Å²) in [4.78, 5) is 26.4. The van der Waals surface area contributed by atoms with Crippen LogP contribution in [0.25, 0.3) is 0 Å². The highest BCUT2D eigenvalue weighted by Gasteiger charge is 2.08. The monoisotopic (exact) mass is 287 g/mol. The molecule has 0 aliphatic carbocycles. The highest BCUT2D eigenvalue weighted by molar-refractivity contribution is 6.04. The molecule has 0 aliphatic rings. The minimum atomic E-state index is -0.708. The van der Waals surface area contributed by atoms with E-state index in [1.165, 1.54) is 19.2 Å². The molecule has 21 heavy (non-hydrogen) atoms. The van der Waals surface area contributed by atoms with E-state index in [2.05, 4.69) is 15.6 Å². The maximum Gasteiger partial charge on any atom is 0.255 e. The van der Waals surface area contributed by atoms with Crippen molar-refractivity contribution in [2.45, 2.75) is 13.8 Å². The second-order valence-corrected chi connectivity index (χ2v) is 4.53. The smallest absolute Gasteiger partial charge is 0.255 e. The summed E-state index contributed by atoms with van der Waals surface area (Å²) in [5, 5.41) is 5.34. The van der Waals surface area contributed by atoms with Crippen molar-refractivity contribution in [3.8, 4) is 0 Å². The second-order valence-electron chi connectivity index (χ2n) is 4.53. The lowest BCUT2D eigenvalue weighted by Gasteiger charge is -2.10. The molecule has 0 fully saturated rings. The van der Waals surface area contributed by atoms with Crippen LogP contribution in [0.4, 0.5) is 15.8 Å². The van der Waals surface area contributed by atoms with Crippen LogP contribution in [0.2, 0.25) is 0 Å². The number of pyridine rings is 1. The number of carbonyl (C=O) groups excluding carboxylic acids is 2. The molecule has 0 saturated heterocycles. The minimum absolute atomic E-state index is 0.165. The first-order valence-electron chi connectivity index (χ1n) is 6.27. The number of hydrogen-bond donors (Lipinski definition) is 2. The zero-order chi connectivity index (χ0) is 15.4. The second kappa shape index (κ2) is 6.13. The van der Waals surface area contributed by atoms with E-state index >= 15 is 0 Å². The van der Waals surface area contributed by atoms with Gasteiger partial charge in [-0.05, 0) is 36.8 Å². The first-order chi connectivity index (χ1) is 9.95. The largest absolute Gasteiger partial charge is 0.326 e. The number of nitrogens with zero attached hydrogens (tertiary/aromatic N) is 1. The van der Waals surface area contributed by atoms with Gasteiger partial charge in [0.1, 0.15) is 0 Å².